The van der Waals surface area contributed by atoms with Crippen LogP contribution in [0.4, 0.5) is 0 Å². The fourth-order valence-electron chi connectivity index (χ4n) is 4.60. The Kier molecular flexibility index (Phi) is 6.21. The second kappa shape index (κ2) is 9.07. The molecule has 32 heavy (non-hydrogen) atoms. The Bertz CT molecular complexity index is 1030. The van der Waals surface area contributed by atoms with Gasteiger partial charge in [-0.25, -0.2) is 4.79 Å². The lowest BCUT2D eigenvalue weighted by atomic mass is 9.80. The molecule has 6 heteroatoms. The molecule has 0 amide bonds. The fourth-order valence-corrected chi connectivity index (χ4v) is 4.60. The molecule has 0 N–H and O–H groups in total. The molecule has 168 valence electrons. The molecule has 3 atom stereocenters. The molecule has 1 aliphatic carbocycles. The molecule has 1 saturated carbocycles. The van der Waals surface area contributed by atoms with E-state index in [2.05, 4.69) is 0 Å². The number of aryl methyl sites for hydroxylation is 3. The van der Waals surface area contributed by atoms with Gasteiger partial charge in [0.15, 0.2) is 0 Å². The van der Waals surface area contributed by atoms with Crippen LogP contribution in [0.15, 0.2) is 48.4 Å². The van der Waals surface area contributed by atoms with Crippen LogP contribution in [0.5, 0.6) is 11.5 Å². The first kappa shape index (κ1) is 21.9. The van der Waals surface area contributed by atoms with E-state index in [-0.39, 0.29) is 35.6 Å². The van der Waals surface area contributed by atoms with Crippen LogP contribution in [0.25, 0.3) is 0 Å². The van der Waals surface area contributed by atoms with Crippen LogP contribution in [0.3, 0.4) is 0 Å². The molecule has 0 bridgehead atoms. The third kappa shape index (κ3) is 4.49. The summed E-state index contributed by atoms with van der Waals surface area (Å²) in [5, 5.41) is 0. The number of fused-ring (bicyclic) bond motifs is 1. The van der Waals surface area contributed by atoms with Gasteiger partial charge in [-0.3, -0.25) is 4.79 Å². The van der Waals surface area contributed by atoms with Crippen molar-refractivity contribution in [3.8, 4) is 11.5 Å². The summed E-state index contributed by atoms with van der Waals surface area (Å²) in [6.07, 6.45) is 2.45. The number of allylic oxidation sites excluding steroid dienone is 1. The van der Waals surface area contributed by atoms with Gasteiger partial charge in [-0.15, -0.1) is 0 Å². The van der Waals surface area contributed by atoms with E-state index in [4.69, 9.17) is 18.9 Å². The number of carbonyl (C=O) groups excluding carboxylic acids is 2. The van der Waals surface area contributed by atoms with Gasteiger partial charge >= 0.3 is 5.97 Å². The minimum Gasteiger partial charge on any atom is -0.497 e. The molecular weight excluding hydrogens is 408 g/mol. The molecule has 0 spiro atoms. The number of hydrogen-bond acceptors (Lipinski definition) is 6. The maximum Gasteiger partial charge on any atom is 0.338 e. The molecule has 1 aliphatic heterocycles. The third-order valence-corrected chi connectivity index (χ3v) is 6.12. The summed E-state index contributed by atoms with van der Waals surface area (Å²) in [4.78, 5) is 25.8. The van der Waals surface area contributed by atoms with Crippen molar-refractivity contribution in [2.75, 3.05) is 7.11 Å². The molecule has 0 aromatic heterocycles. The second-order valence-electron chi connectivity index (χ2n) is 8.52. The molecule has 1 fully saturated rings. The van der Waals surface area contributed by atoms with Crippen molar-refractivity contribution in [1.82, 2.24) is 0 Å². The number of ether oxygens (including phenoxy) is 4. The summed E-state index contributed by atoms with van der Waals surface area (Å²) >= 11 is 0. The van der Waals surface area contributed by atoms with Crippen molar-refractivity contribution in [3.05, 3.63) is 70.7 Å². The Morgan fingerprint density at radius 2 is 1.66 bits per heavy atom. The minimum atomic E-state index is -0.322. The van der Waals surface area contributed by atoms with Crippen molar-refractivity contribution in [2.45, 2.75) is 52.2 Å². The molecule has 0 radical (unpaired) electrons. The highest BCUT2D eigenvalue weighted by Gasteiger charge is 2.42. The lowest BCUT2D eigenvalue weighted by molar-refractivity contribution is -0.132. The van der Waals surface area contributed by atoms with Crippen LogP contribution in [0, 0.1) is 26.7 Å². The van der Waals surface area contributed by atoms with Gasteiger partial charge in [0.2, 0.25) is 11.5 Å². The lowest BCUT2D eigenvalue weighted by Crippen LogP contribution is -2.43. The van der Waals surface area contributed by atoms with E-state index in [0.717, 1.165) is 16.7 Å². The number of hydrogen-bond donors (Lipinski definition) is 0. The number of rotatable bonds is 5. The highest BCUT2D eigenvalue weighted by Crippen LogP contribution is 2.35. The Morgan fingerprint density at radius 1 is 1.00 bits per heavy atom. The fraction of sp³-hybridized carbons (Fsp3) is 0.385. The first-order valence-corrected chi connectivity index (χ1v) is 10.9. The Labute approximate surface area is 188 Å². The summed E-state index contributed by atoms with van der Waals surface area (Å²) in [7, 11) is 1.59. The first-order chi connectivity index (χ1) is 15.4. The van der Waals surface area contributed by atoms with Gasteiger partial charge in [-0.1, -0.05) is 17.7 Å². The van der Waals surface area contributed by atoms with E-state index >= 15 is 0 Å². The summed E-state index contributed by atoms with van der Waals surface area (Å²) in [6, 6.07) is 11.0. The van der Waals surface area contributed by atoms with Crippen molar-refractivity contribution in [2.24, 2.45) is 5.92 Å². The summed E-state index contributed by atoms with van der Waals surface area (Å²) in [5.41, 5.74) is 3.56. The summed E-state index contributed by atoms with van der Waals surface area (Å²) in [6.45, 7) is 5.85. The van der Waals surface area contributed by atoms with E-state index < -0.39 is 0 Å². The van der Waals surface area contributed by atoms with Crippen molar-refractivity contribution >= 4 is 11.8 Å². The highest BCUT2D eigenvalue weighted by molar-refractivity contribution is 5.96. The topological polar surface area (TPSA) is 71.1 Å². The average Bonchev–Trinajstić information content (AvgIpc) is 2.75. The van der Waals surface area contributed by atoms with Gasteiger partial charge in [0.1, 0.15) is 30.0 Å². The van der Waals surface area contributed by atoms with E-state index in [1.165, 1.54) is 6.26 Å². The maximum atomic E-state index is 13.0. The number of ketones is 1. The molecule has 2 aromatic carbocycles. The number of carbonyl (C=O) groups is 2. The lowest BCUT2D eigenvalue weighted by Gasteiger charge is -2.36. The average molecular weight is 437 g/mol. The molecule has 2 aliphatic rings. The normalized spacial score (nSPS) is 22.3. The zero-order valence-corrected chi connectivity index (χ0v) is 18.8. The predicted octanol–water partition coefficient (Wildman–Crippen LogP) is 4.83. The molecule has 3 unspecified atom stereocenters. The van der Waals surface area contributed by atoms with Crippen LogP contribution in [0.2, 0.25) is 0 Å². The van der Waals surface area contributed by atoms with Crippen LogP contribution in [0.1, 0.15) is 46.3 Å². The molecule has 1 heterocycles. The SMILES string of the molecule is COc1ccc(OC2=COC3CC(OC(=O)c4c(C)cc(C)cc4C)CCC3C2=O)cc1. The van der Waals surface area contributed by atoms with E-state index in [1.54, 1.807) is 31.4 Å². The van der Waals surface area contributed by atoms with Gasteiger partial charge in [0.05, 0.1) is 18.6 Å². The number of Topliss-reactive ketones (excluding diaryl/α,β-unsaturated/α-hetero) is 1. The number of methoxy groups -OCH3 is 1. The van der Waals surface area contributed by atoms with Crippen molar-refractivity contribution < 1.29 is 28.5 Å². The van der Waals surface area contributed by atoms with Crippen LogP contribution in [-0.2, 0) is 14.3 Å². The van der Waals surface area contributed by atoms with Crippen LogP contribution in [-0.4, -0.2) is 31.1 Å². The third-order valence-electron chi connectivity index (χ3n) is 6.12. The molecule has 0 saturated heterocycles. The zero-order valence-electron chi connectivity index (χ0n) is 18.8. The zero-order chi connectivity index (χ0) is 22.8. The standard InChI is InChI=1S/C26H28O6/c1-15-11-16(2)24(17(3)12-15)26(28)32-20-9-10-21-22(13-20)30-14-23(25(21)27)31-19-7-5-18(29-4)6-8-19/h5-8,11-12,14,20-22H,9-10,13H2,1-4H3. The van der Waals surface area contributed by atoms with E-state index in [0.29, 0.717) is 36.3 Å². The highest BCUT2D eigenvalue weighted by atomic mass is 16.6. The van der Waals surface area contributed by atoms with Gasteiger partial charge in [-0.2, -0.15) is 0 Å². The number of esters is 1. The van der Waals surface area contributed by atoms with Gasteiger partial charge in [0, 0.05) is 6.42 Å². The molecule has 2 aromatic rings. The molecular formula is C26H28O6. The quantitative estimate of drug-likeness (QED) is 0.625. The molecule has 4 rings (SSSR count). The van der Waals surface area contributed by atoms with E-state index in [9.17, 15) is 9.59 Å². The van der Waals surface area contributed by atoms with Crippen LogP contribution < -0.4 is 9.47 Å². The first-order valence-electron chi connectivity index (χ1n) is 10.9. The monoisotopic (exact) mass is 436 g/mol. The van der Waals surface area contributed by atoms with Crippen molar-refractivity contribution in [3.63, 3.8) is 0 Å². The molecule has 6 nitrogen and oxygen atoms in total. The smallest absolute Gasteiger partial charge is 0.338 e. The van der Waals surface area contributed by atoms with E-state index in [1.807, 2.05) is 32.9 Å². The Hall–Kier alpha value is -3.28. The Balaban J connectivity index is 1.40. The Morgan fingerprint density at radius 3 is 2.31 bits per heavy atom. The van der Waals surface area contributed by atoms with Crippen molar-refractivity contribution in [1.29, 1.82) is 0 Å². The summed E-state index contributed by atoms with van der Waals surface area (Å²) in [5.74, 6) is 0.751. The second-order valence-corrected chi connectivity index (χ2v) is 8.52. The summed E-state index contributed by atoms with van der Waals surface area (Å²) < 4.78 is 22.5. The largest absolute Gasteiger partial charge is 0.497 e. The predicted molar refractivity (Wildman–Crippen MR) is 119 cm³/mol. The minimum absolute atomic E-state index is 0.0768. The maximum absolute atomic E-state index is 13.0. The number of benzene rings is 2. The van der Waals surface area contributed by atoms with Gasteiger partial charge < -0.3 is 18.9 Å². The van der Waals surface area contributed by atoms with Gasteiger partial charge in [0.25, 0.3) is 0 Å². The van der Waals surface area contributed by atoms with Crippen LogP contribution >= 0.6 is 0 Å². The van der Waals surface area contributed by atoms with Gasteiger partial charge in [-0.05, 0) is 69.0 Å².